The molecule has 2 aromatic rings. The molecule has 3 heteroatoms. The van der Waals surface area contributed by atoms with E-state index in [2.05, 4.69) is 26.0 Å². The quantitative estimate of drug-likeness (QED) is 0.861. The van der Waals surface area contributed by atoms with E-state index in [4.69, 9.17) is 22.1 Å². The van der Waals surface area contributed by atoms with Crippen molar-refractivity contribution in [2.75, 3.05) is 6.54 Å². The molecule has 0 atom stereocenters. The highest BCUT2D eigenvalue weighted by Gasteiger charge is 2.08. The van der Waals surface area contributed by atoms with Gasteiger partial charge in [-0.15, -0.1) is 0 Å². The highest BCUT2D eigenvalue weighted by atomic mass is 35.5. The van der Waals surface area contributed by atoms with Crippen molar-refractivity contribution >= 4 is 11.6 Å². The number of ether oxygens (including phenoxy) is 1. The van der Waals surface area contributed by atoms with E-state index in [1.807, 2.05) is 30.3 Å². The summed E-state index contributed by atoms with van der Waals surface area (Å²) < 4.78 is 5.94. The molecule has 0 unspecified atom stereocenters. The Morgan fingerprint density at radius 3 is 2.40 bits per heavy atom. The van der Waals surface area contributed by atoms with Crippen molar-refractivity contribution in [3.8, 4) is 11.5 Å². The van der Waals surface area contributed by atoms with Crippen LogP contribution in [0.5, 0.6) is 11.5 Å². The van der Waals surface area contributed by atoms with Crippen LogP contribution < -0.4 is 10.5 Å². The fourth-order valence-electron chi connectivity index (χ4n) is 2.07. The van der Waals surface area contributed by atoms with Gasteiger partial charge in [-0.25, -0.2) is 0 Å². The third-order valence-electron chi connectivity index (χ3n) is 3.24. The zero-order valence-electron chi connectivity index (χ0n) is 11.9. The van der Waals surface area contributed by atoms with Gasteiger partial charge in [0.2, 0.25) is 0 Å². The number of halogens is 1. The molecule has 0 fully saturated rings. The molecule has 0 saturated carbocycles. The van der Waals surface area contributed by atoms with Crippen LogP contribution in [0, 0.1) is 0 Å². The average molecular weight is 290 g/mol. The number of benzene rings is 2. The van der Waals surface area contributed by atoms with Gasteiger partial charge in [-0.3, -0.25) is 0 Å². The lowest BCUT2D eigenvalue weighted by Crippen LogP contribution is -2.04. The molecule has 106 valence electrons. The molecule has 2 rings (SSSR count). The molecule has 0 aliphatic rings. The Bertz CT molecular complexity index is 564. The molecular weight excluding hydrogens is 270 g/mol. The van der Waals surface area contributed by atoms with E-state index in [-0.39, 0.29) is 0 Å². The SMILES string of the molecule is CC(C)c1ccc(Oc2cccc(Cl)c2CCN)cc1. The minimum atomic E-state index is 0.517. The molecule has 0 amide bonds. The predicted octanol–water partition coefficient (Wildman–Crippen LogP) is 4.76. The molecule has 2 aromatic carbocycles. The van der Waals surface area contributed by atoms with E-state index in [0.717, 1.165) is 17.1 Å². The van der Waals surface area contributed by atoms with Crippen molar-refractivity contribution in [1.29, 1.82) is 0 Å². The van der Waals surface area contributed by atoms with Gasteiger partial charge in [-0.05, 0) is 48.7 Å². The van der Waals surface area contributed by atoms with E-state index >= 15 is 0 Å². The van der Waals surface area contributed by atoms with Crippen molar-refractivity contribution in [1.82, 2.24) is 0 Å². The molecule has 20 heavy (non-hydrogen) atoms. The van der Waals surface area contributed by atoms with Crippen molar-refractivity contribution < 1.29 is 4.74 Å². The predicted molar refractivity (Wildman–Crippen MR) is 84.8 cm³/mol. The van der Waals surface area contributed by atoms with Gasteiger partial charge in [0.25, 0.3) is 0 Å². The number of hydrogen-bond donors (Lipinski definition) is 1. The first-order chi connectivity index (χ1) is 9.61. The Hall–Kier alpha value is -1.51. The summed E-state index contributed by atoms with van der Waals surface area (Å²) in [6.07, 6.45) is 0.707. The normalized spacial score (nSPS) is 10.8. The van der Waals surface area contributed by atoms with Crippen molar-refractivity contribution in [2.45, 2.75) is 26.2 Å². The number of hydrogen-bond acceptors (Lipinski definition) is 2. The molecule has 0 bridgehead atoms. The fraction of sp³-hybridized carbons (Fsp3) is 0.294. The van der Waals surface area contributed by atoms with Crippen LogP contribution in [-0.4, -0.2) is 6.54 Å². The summed E-state index contributed by atoms with van der Waals surface area (Å²) in [6.45, 7) is 4.89. The third-order valence-corrected chi connectivity index (χ3v) is 3.60. The van der Waals surface area contributed by atoms with Gasteiger partial charge in [0.15, 0.2) is 0 Å². The largest absolute Gasteiger partial charge is 0.457 e. The first kappa shape index (κ1) is 14.9. The van der Waals surface area contributed by atoms with E-state index in [1.165, 1.54) is 5.56 Å². The van der Waals surface area contributed by atoms with Gasteiger partial charge in [0, 0.05) is 10.6 Å². The summed E-state index contributed by atoms with van der Waals surface area (Å²) in [5, 5.41) is 0.701. The van der Waals surface area contributed by atoms with Gasteiger partial charge < -0.3 is 10.5 Å². The van der Waals surface area contributed by atoms with Gasteiger partial charge in [-0.2, -0.15) is 0 Å². The van der Waals surface area contributed by atoms with Gasteiger partial charge in [-0.1, -0.05) is 43.6 Å². The third kappa shape index (κ3) is 3.53. The maximum absolute atomic E-state index is 6.21. The van der Waals surface area contributed by atoms with Crippen LogP contribution in [0.15, 0.2) is 42.5 Å². The summed E-state index contributed by atoms with van der Waals surface area (Å²) in [6, 6.07) is 13.8. The van der Waals surface area contributed by atoms with E-state index in [0.29, 0.717) is 23.9 Å². The van der Waals surface area contributed by atoms with E-state index in [9.17, 15) is 0 Å². The Labute approximate surface area is 125 Å². The Morgan fingerprint density at radius 2 is 1.80 bits per heavy atom. The van der Waals surface area contributed by atoms with Crippen LogP contribution >= 0.6 is 11.6 Å². The lowest BCUT2D eigenvalue weighted by Gasteiger charge is -2.13. The first-order valence-corrected chi connectivity index (χ1v) is 7.25. The molecule has 0 spiro atoms. The van der Waals surface area contributed by atoms with Crippen LogP contribution in [0.3, 0.4) is 0 Å². The molecule has 0 aliphatic heterocycles. The standard InChI is InChI=1S/C17H20ClNO/c1-12(2)13-6-8-14(9-7-13)20-17-5-3-4-16(18)15(17)10-11-19/h3-9,12H,10-11,19H2,1-2H3. The maximum atomic E-state index is 6.21. The molecule has 0 saturated heterocycles. The highest BCUT2D eigenvalue weighted by molar-refractivity contribution is 6.31. The molecule has 0 aliphatic carbocycles. The van der Waals surface area contributed by atoms with Crippen molar-refractivity contribution in [2.24, 2.45) is 5.73 Å². The van der Waals surface area contributed by atoms with Crippen molar-refractivity contribution in [3.05, 3.63) is 58.6 Å². The fourth-order valence-corrected chi connectivity index (χ4v) is 2.33. The minimum Gasteiger partial charge on any atom is -0.457 e. The molecule has 2 N–H and O–H groups in total. The second-order valence-corrected chi connectivity index (χ2v) is 5.49. The summed E-state index contributed by atoms with van der Waals surface area (Å²) in [7, 11) is 0. The number of rotatable bonds is 5. The zero-order chi connectivity index (χ0) is 14.5. The smallest absolute Gasteiger partial charge is 0.132 e. The van der Waals surface area contributed by atoms with Crippen LogP contribution in [0.1, 0.15) is 30.9 Å². The van der Waals surface area contributed by atoms with Crippen molar-refractivity contribution in [3.63, 3.8) is 0 Å². The van der Waals surface area contributed by atoms with Crippen LogP contribution in [0.2, 0.25) is 5.02 Å². The average Bonchev–Trinajstić information content (AvgIpc) is 2.43. The lowest BCUT2D eigenvalue weighted by atomic mass is 10.0. The Morgan fingerprint density at radius 1 is 1.10 bits per heavy atom. The van der Waals surface area contributed by atoms with Gasteiger partial charge in [0.05, 0.1) is 0 Å². The Kier molecular flexibility index (Phi) is 5.05. The molecule has 0 heterocycles. The van der Waals surface area contributed by atoms with E-state index in [1.54, 1.807) is 0 Å². The molecule has 0 radical (unpaired) electrons. The van der Waals surface area contributed by atoms with Crippen LogP contribution in [-0.2, 0) is 6.42 Å². The summed E-state index contributed by atoms with van der Waals surface area (Å²) in [5.41, 5.74) is 7.89. The molecular formula is C17H20ClNO. The molecule has 0 aromatic heterocycles. The van der Waals surface area contributed by atoms with E-state index < -0.39 is 0 Å². The Balaban J connectivity index is 2.23. The lowest BCUT2D eigenvalue weighted by molar-refractivity contribution is 0.476. The first-order valence-electron chi connectivity index (χ1n) is 6.87. The summed E-state index contributed by atoms with van der Waals surface area (Å²) >= 11 is 6.21. The minimum absolute atomic E-state index is 0.517. The summed E-state index contributed by atoms with van der Waals surface area (Å²) in [4.78, 5) is 0. The van der Waals surface area contributed by atoms with Crippen LogP contribution in [0.4, 0.5) is 0 Å². The van der Waals surface area contributed by atoms with Crippen LogP contribution in [0.25, 0.3) is 0 Å². The topological polar surface area (TPSA) is 35.2 Å². The monoisotopic (exact) mass is 289 g/mol. The second-order valence-electron chi connectivity index (χ2n) is 5.08. The highest BCUT2D eigenvalue weighted by Crippen LogP contribution is 2.31. The van der Waals surface area contributed by atoms with Gasteiger partial charge >= 0.3 is 0 Å². The van der Waals surface area contributed by atoms with Gasteiger partial charge in [0.1, 0.15) is 11.5 Å². The second kappa shape index (κ2) is 6.78. The zero-order valence-corrected chi connectivity index (χ0v) is 12.7. The molecule has 2 nitrogen and oxygen atoms in total. The maximum Gasteiger partial charge on any atom is 0.132 e. The number of nitrogens with two attached hydrogens (primary N) is 1. The summed E-state index contributed by atoms with van der Waals surface area (Å²) in [5.74, 6) is 2.11.